The van der Waals surface area contributed by atoms with Gasteiger partial charge in [-0.2, -0.15) is 0 Å². The average Bonchev–Trinajstić information content (AvgIpc) is 3.26. The van der Waals surface area contributed by atoms with Crippen LogP contribution >= 0.6 is 11.3 Å². The number of hydrogen-bond acceptors (Lipinski definition) is 5. The van der Waals surface area contributed by atoms with Gasteiger partial charge in [-0.3, -0.25) is 9.10 Å². The van der Waals surface area contributed by atoms with Crippen LogP contribution in [0.15, 0.2) is 64.2 Å². The molecule has 0 aliphatic heterocycles. The van der Waals surface area contributed by atoms with Crippen molar-refractivity contribution in [1.29, 1.82) is 0 Å². The Labute approximate surface area is 176 Å². The third kappa shape index (κ3) is 4.60. The Hall–Kier alpha value is -2.98. The third-order valence-corrected chi connectivity index (χ3v) is 7.36. The van der Waals surface area contributed by atoms with Crippen LogP contribution in [0.1, 0.15) is 6.92 Å². The standard InChI is InChI=1S/C20H18F2N2O4S2/c1-13(20(25)23-19-16(21)5-3-6-17(19)22)28-15-10-8-14(9-11-15)24(2)30(26,27)18-7-4-12-29-18/h3-13H,1-2H3,(H,23,25)/t13-/m1/s1. The molecule has 1 amide bonds. The maximum Gasteiger partial charge on any atom is 0.273 e. The zero-order chi connectivity index (χ0) is 21.9. The summed E-state index contributed by atoms with van der Waals surface area (Å²) in [5.41, 5.74) is -0.144. The van der Waals surface area contributed by atoms with E-state index in [0.717, 1.165) is 27.8 Å². The van der Waals surface area contributed by atoms with Crippen LogP contribution in [0.2, 0.25) is 0 Å². The number of carbonyl (C=O) groups is 1. The molecule has 0 saturated heterocycles. The van der Waals surface area contributed by atoms with E-state index in [2.05, 4.69) is 5.32 Å². The second-order valence-corrected chi connectivity index (χ2v) is 9.39. The normalized spacial score (nSPS) is 12.3. The molecule has 1 heterocycles. The average molecular weight is 453 g/mol. The van der Waals surface area contributed by atoms with E-state index in [1.54, 1.807) is 11.4 Å². The van der Waals surface area contributed by atoms with Gasteiger partial charge in [-0.25, -0.2) is 17.2 Å². The van der Waals surface area contributed by atoms with E-state index in [0.29, 0.717) is 5.69 Å². The fraction of sp³-hybridized carbons (Fsp3) is 0.150. The predicted molar refractivity (Wildman–Crippen MR) is 111 cm³/mol. The first-order chi connectivity index (χ1) is 14.2. The van der Waals surface area contributed by atoms with Gasteiger partial charge in [-0.15, -0.1) is 11.3 Å². The Bertz CT molecular complexity index is 1110. The molecule has 0 radical (unpaired) electrons. The van der Waals surface area contributed by atoms with E-state index in [1.807, 2.05) is 0 Å². The lowest BCUT2D eigenvalue weighted by atomic mass is 10.2. The predicted octanol–water partition coefficient (Wildman–Crippen LogP) is 4.26. The van der Waals surface area contributed by atoms with Gasteiger partial charge in [0.1, 0.15) is 27.3 Å². The van der Waals surface area contributed by atoms with Gasteiger partial charge in [0.25, 0.3) is 15.9 Å². The summed E-state index contributed by atoms with van der Waals surface area (Å²) in [6, 6.07) is 12.5. The Morgan fingerprint density at radius 3 is 2.27 bits per heavy atom. The number of halogens is 2. The van der Waals surface area contributed by atoms with Crippen molar-refractivity contribution in [1.82, 2.24) is 0 Å². The van der Waals surface area contributed by atoms with Crippen LogP contribution < -0.4 is 14.4 Å². The van der Waals surface area contributed by atoms with E-state index >= 15 is 0 Å². The number of nitrogens with zero attached hydrogens (tertiary/aromatic N) is 1. The molecule has 1 N–H and O–H groups in total. The molecular formula is C20H18F2N2O4S2. The van der Waals surface area contributed by atoms with Crippen molar-refractivity contribution in [2.75, 3.05) is 16.7 Å². The van der Waals surface area contributed by atoms with Crippen LogP contribution in [-0.2, 0) is 14.8 Å². The quantitative estimate of drug-likeness (QED) is 0.581. The third-order valence-electron chi connectivity index (χ3n) is 4.20. The highest BCUT2D eigenvalue weighted by Gasteiger charge is 2.23. The number of thiophene rings is 1. The van der Waals surface area contributed by atoms with Gasteiger partial charge in [0.2, 0.25) is 0 Å². The second kappa shape index (κ2) is 8.80. The minimum Gasteiger partial charge on any atom is -0.481 e. The van der Waals surface area contributed by atoms with E-state index in [9.17, 15) is 22.0 Å². The van der Waals surface area contributed by atoms with Crippen LogP contribution in [0.3, 0.4) is 0 Å². The van der Waals surface area contributed by atoms with Gasteiger partial charge >= 0.3 is 0 Å². The number of ether oxygens (including phenoxy) is 1. The lowest BCUT2D eigenvalue weighted by Crippen LogP contribution is -2.31. The number of hydrogen-bond donors (Lipinski definition) is 1. The highest BCUT2D eigenvalue weighted by molar-refractivity contribution is 7.94. The zero-order valence-corrected chi connectivity index (χ0v) is 17.6. The Kier molecular flexibility index (Phi) is 6.37. The molecule has 0 aliphatic rings. The number of rotatable bonds is 7. The van der Waals surface area contributed by atoms with Gasteiger partial charge in [0.05, 0.1) is 5.69 Å². The molecule has 10 heteroatoms. The van der Waals surface area contributed by atoms with Gasteiger partial charge in [-0.05, 0) is 54.8 Å². The van der Waals surface area contributed by atoms with Crippen molar-refractivity contribution in [3.05, 3.63) is 71.6 Å². The molecule has 3 rings (SSSR count). The number of benzene rings is 2. The van der Waals surface area contributed by atoms with Crippen LogP contribution in [0, 0.1) is 11.6 Å². The number of anilines is 2. The fourth-order valence-corrected chi connectivity index (χ4v) is 4.87. The van der Waals surface area contributed by atoms with Crippen molar-refractivity contribution < 1.29 is 26.7 Å². The summed E-state index contributed by atoms with van der Waals surface area (Å²) in [5, 5.41) is 3.84. The summed E-state index contributed by atoms with van der Waals surface area (Å²) >= 11 is 1.12. The van der Waals surface area contributed by atoms with Crippen molar-refractivity contribution in [2.45, 2.75) is 17.2 Å². The Morgan fingerprint density at radius 1 is 1.07 bits per heavy atom. The van der Waals surface area contributed by atoms with E-state index in [4.69, 9.17) is 4.74 Å². The SMILES string of the molecule is C[C@@H](Oc1ccc(N(C)S(=O)(=O)c2cccs2)cc1)C(=O)Nc1c(F)cccc1F. The zero-order valence-electron chi connectivity index (χ0n) is 16.0. The highest BCUT2D eigenvalue weighted by atomic mass is 32.2. The first-order valence-corrected chi connectivity index (χ1v) is 11.1. The minimum atomic E-state index is -3.66. The first kappa shape index (κ1) is 21.7. The molecule has 158 valence electrons. The summed E-state index contributed by atoms with van der Waals surface area (Å²) < 4.78 is 59.3. The van der Waals surface area contributed by atoms with Crippen LogP contribution in [0.5, 0.6) is 5.75 Å². The molecule has 6 nitrogen and oxygen atoms in total. The number of para-hydroxylation sites is 1. The summed E-state index contributed by atoms with van der Waals surface area (Å²) in [7, 11) is -2.23. The topological polar surface area (TPSA) is 75.7 Å². The molecule has 30 heavy (non-hydrogen) atoms. The molecule has 0 saturated carbocycles. The molecule has 0 unspecified atom stereocenters. The van der Waals surface area contributed by atoms with Gasteiger partial charge < -0.3 is 10.1 Å². The first-order valence-electron chi connectivity index (χ1n) is 8.74. The summed E-state index contributed by atoms with van der Waals surface area (Å²) in [6.45, 7) is 1.43. The molecule has 2 aromatic carbocycles. The van der Waals surface area contributed by atoms with Crippen LogP contribution in [-0.4, -0.2) is 27.5 Å². The van der Waals surface area contributed by atoms with E-state index in [1.165, 1.54) is 50.4 Å². The lowest BCUT2D eigenvalue weighted by molar-refractivity contribution is -0.122. The molecular weight excluding hydrogens is 434 g/mol. The van der Waals surface area contributed by atoms with Crippen LogP contribution in [0.25, 0.3) is 0 Å². The number of sulfonamides is 1. The van der Waals surface area contributed by atoms with Crippen molar-refractivity contribution in [3.63, 3.8) is 0 Å². The van der Waals surface area contributed by atoms with Gasteiger partial charge in [-0.1, -0.05) is 12.1 Å². The van der Waals surface area contributed by atoms with Crippen LogP contribution in [0.4, 0.5) is 20.2 Å². The number of carbonyl (C=O) groups excluding carboxylic acids is 1. The number of amides is 1. The van der Waals surface area contributed by atoms with E-state index < -0.39 is 39.4 Å². The molecule has 0 aliphatic carbocycles. The minimum absolute atomic E-state index is 0.219. The number of nitrogens with one attached hydrogen (secondary N) is 1. The second-order valence-electron chi connectivity index (χ2n) is 6.24. The van der Waals surface area contributed by atoms with Gasteiger partial charge in [0.15, 0.2) is 6.10 Å². The molecule has 3 aromatic rings. The summed E-state index contributed by atoms with van der Waals surface area (Å²) in [5.74, 6) is -2.23. The molecule has 1 aromatic heterocycles. The summed E-state index contributed by atoms with van der Waals surface area (Å²) in [6.07, 6.45) is -1.05. The van der Waals surface area contributed by atoms with Crippen molar-refractivity contribution in [2.24, 2.45) is 0 Å². The fourth-order valence-electron chi connectivity index (χ4n) is 2.52. The highest BCUT2D eigenvalue weighted by Crippen LogP contribution is 2.27. The monoisotopic (exact) mass is 452 g/mol. The molecule has 1 atom stereocenters. The smallest absolute Gasteiger partial charge is 0.273 e. The largest absolute Gasteiger partial charge is 0.481 e. The molecule has 0 bridgehead atoms. The Morgan fingerprint density at radius 2 is 1.70 bits per heavy atom. The van der Waals surface area contributed by atoms with E-state index in [-0.39, 0.29) is 9.96 Å². The van der Waals surface area contributed by atoms with Crippen molar-refractivity contribution >= 4 is 38.6 Å². The maximum absolute atomic E-state index is 13.7. The lowest BCUT2D eigenvalue weighted by Gasteiger charge is -2.19. The molecule has 0 fully saturated rings. The van der Waals surface area contributed by atoms with Gasteiger partial charge in [0, 0.05) is 7.05 Å². The molecule has 0 spiro atoms. The maximum atomic E-state index is 13.7. The Balaban J connectivity index is 1.67. The van der Waals surface area contributed by atoms with Crippen molar-refractivity contribution in [3.8, 4) is 5.75 Å². The summed E-state index contributed by atoms with van der Waals surface area (Å²) in [4.78, 5) is 12.2.